The van der Waals surface area contributed by atoms with Crippen molar-refractivity contribution in [2.45, 2.75) is 50.8 Å². The van der Waals surface area contributed by atoms with Gasteiger partial charge in [0.1, 0.15) is 11.5 Å². The topological polar surface area (TPSA) is 71.8 Å². The Kier molecular flexibility index (Phi) is 4.83. The largest absolute Gasteiger partial charge is 0.465 e. The van der Waals surface area contributed by atoms with Crippen molar-refractivity contribution in [2.24, 2.45) is 0 Å². The lowest BCUT2D eigenvalue weighted by Crippen LogP contribution is -2.53. The summed E-state index contributed by atoms with van der Waals surface area (Å²) in [6.45, 7) is 5.32. The Morgan fingerprint density at radius 3 is 2.70 bits per heavy atom. The molecule has 2 fully saturated rings. The number of hydrogen-bond donors (Lipinski definition) is 1. The van der Waals surface area contributed by atoms with Crippen LogP contribution >= 0.6 is 0 Å². The molecule has 0 aliphatic carbocycles. The summed E-state index contributed by atoms with van der Waals surface area (Å²) >= 11 is 0. The summed E-state index contributed by atoms with van der Waals surface area (Å²) in [5.41, 5.74) is -0.170. The molecule has 0 aromatic carbocycles. The maximum Gasteiger partial charge on any atom is 0.208 e. The van der Waals surface area contributed by atoms with Gasteiger partial charge >= 0.3 is 0 Å². The second-order valence-electron chi connectivity index (χ2n) is 6.90. The van der Waals surface area contributed by atoms with E-state index in [1.807, 2.05) is 19.1 Å². The molecule has 7 heteroatoms. The number of aryl methyl sites for hydroxylation is 1. The van der Waals surface area contributed by atoms with Crippen LogP contribution in [0.4, 0.5) is 0 Å². The van der Waals surface area contributed by atoms with Gasteiger partial charge in [-0.15, -0.1) is 0 Å². The van der Waals surface area contributed by atoms with Gasteiger partial charge in [0.2, 0.25) is 10.0 Å². The van der Waals surface area contributed by atoms with Crippen molar-refractivity contribution < 1.29 is 17.6 Å². The van der Waals surface area contributed by atoms with E-state index in [0.29, 0.717) is 6.61 Å². The van der Waals surface area contributed by atoms with Crippen molar-refractivity contribution >= 4 is 10.0 Å². The van der Waals surface area contributed by atoms with E-state index >= 15 is 0 Å². The Balaban J connectivity index is 1.54. The first-order valence-corrected chi connectivity index (χ1v) is 10.1. The van der Waals surface area contributed by atoms with Gasteiger partial charge in [0.15, 0.2) is 0 Å². The fourth-order valence-corrected chi connectivity index (χ4v) is 4.50. The van der Waals surface area contributed by atoms with Crippen LogP contribution in [0.1, 0.15) is 37.2 Å². The third kappa shape index (κ3) is 4.56. The molecule has 2 aliphatic rings. The summed E-state index contributed by atoms with van der Waals surface area (Å²) in [4.78, 5) is 2.38. The number of hydrogen-bond acceptors (Lipinski definition) is 5. The Morgan fingerprint density at radius 2 is 2.09 bits per heavy atom. The number of likely N-dealkylation sites (tertiary alicyclic amines) is 1. The van der Waals surface area contributed by atoms with Gasteiger partial charge in [-0.3, -0.25) is 4.90 Å². The van der Waals surface area contributed by atoms with Crippen LogP contribution in [0.5, 0.6) is 0 Å². The number of furan rings is 1. The van der Waals surface area contributed by atoms with Crippen molar-refractivity contribution in [1.29, 1.82) is 0 Å². The molecule has 3 heterocycles. The number of ether oxygens (including phenoxy) is 1. The molecule has 2 saturated heterocycles. The fourth-order valence-electron chi connectivity index (χ4n) is 3.69. The van der Waals surface area contributed by atoms with Crippen LogP contribution in [0.25, 0.3) is 0 Å². The zero-order chi connectivity index (χ0) is 16.5. The molecule has 3 rings (SSSR count). The van der Waals surface area contributed by atoms with Crippen LogP contribution in [-0.4, -0.2) is 50.9 Å². The smallest absolute Gasteiger partial charge is 0.208 e. The quantitative estimate of drug-likeness (QED) is 0.901. The van der Waals surface area contributed by atoms with Gasteiger partial charge in [-0.05, 0) is 44.7 Å². The highest BCUT2D eigenvalue weighted by Crippen LogP contribution is 2.35. The predicted octanol–water partition coefficient (Wildman–Crippen LogP) is 1.65. The van der Waals surface area contributed by atoms with Crippen molar-refractivity contribution in [3.63, 3.8) is 0 Å². The van der Waals surface area contributed by atoms with Crippen LogP contribution in [0, 0.1) is 6.92 Å². The van der Waals surface area contributed by atoms with Gasteiger partial charge < -0.3 is 9.15 Å². The molecular formula is C16H26N2O4S. The lowest BCUT2D eigenvalue weighted by atomic mass is 9.82. The summed E-state index contributed by atoms with van der Waals surface area (Å²) in [5.74, 6) is 1.94. The first-order chi connectivity index (χ1) is 10.8. The molecule has 1 atom stereocenters. The molecule has 1 spiro atoms. The second kappa shape index (κ2) is 6.55. The van der Waals surface area contributed by atoms with Crippen LogP contribution in [0.3, 0.4) is 0 Å². The molecule has 0 saturated carbocycles. The minimum atomic E-state index is -3.16. The maximum atomic E-state index is 11.5. The van der Waals surface area contributed by atoms with Crippen molar-refractivity contribution in [3.05, 3.63) is 23.7 Å². The van der Waals surface area contributed by atoms with Crippen LogP contribution in [-0.2, 0) is 21.3 Å². The highest BCUT2D eigenvalue weighted by molar-refractivity contribution is 7.88. The molecule has 130 valence electrons. The average molecular weight is 342 g/mol. The Hall–Kier alpha value is -0.890. The molecule has 23 heavy (non-hydrogen) atoms. The van der Waals surface area contributed by atoms with Gasteiger partial charge in [-0.25, -0.2) is 13.1 Å². The molecular weight excluding hydrogens is 316 g/mol. The molecule has 0 radical (unpaired) electrons. The number of nitrogens with one attached hydrogen (secondary N) is 1. The molecule has 1 aromatic rings. The Morgan fingerprint density at radius 1 is 1.35 bits per heavy atom. The zero-order valence-electron chi connectivity index (χ0n) is 13.9. The van der Waals surface area contributed by atoms with Crippen LogP contribution < -0.4 is 4.72 Å². The van der Waals surface area contributed by atoms with Gasteiger partial charge in [-0.1, -0.05) is 0 Å². The van der Waals surface area contributed by atoms with E-state index in [1.165, 1.54) is 6.26 Å². The molecule has 6 nitrogen and oxygen atoms in total. The number of piperidine rings is 1. The van der Waals surface area contributed by atoms with Crippen LogP contribution in [0.15, 0.2) is 16.5 Å². The molecule has 1 N–H and O–H groups in total. The molecule has 0 unspecified atom stereocenters. The lowest BCUT2D eigenvalue weighted by Gasteiger charge is -2.46. The summed E-state index contributed by atoms with van der Waals surface area (Å²) in [6, 6.07) is 4.02. The molecule has 0 amide bonds. The average Bonchev–Trinajstić information content (AvgIpc) is 2.85. The number of rotatable bonds is 4. The maximum absolute atomic E-state index is 11.5. The minimum Gasteiger partial charge on any atom is -0.465 e. The first-order valence-electron chi connectivity index (χ1n) is 8.23. The summed E-state index contributed by atoms with van der Waals surface area (Å²) in [7, 11) is -3.16. The Labute approximate surface area is 138 Å². The van der Waals surface area contributed by atoms with E-state index in [0.717, 1.165) is 56.8 Å². The van der Waals surface area contributed by atoms with Gasteiger partial charge in [0.05, 0.1) is 18.4 Å². The number of nitrogens with zero attached hydrogens (tertiary/aromatic N) is 1. The van der Waals surface area contributed by atoms with E-state index in [2.05, 4.69) is 9.62 Å². The zero-order valence-corrected chi connectivity index (χ0v) is 14.7. The number of sulfonamides is 1. The van der Waals surface area contributed by atoms with Gasteiger partial charge in [0.25, 0.3) is 0 Å². The van der Waals surface area contributed by atoms with E-state index < -0.39 is 10.0 Å². The van der Waals surface area contributed by atoms with Crippen molar-refractivity contribution in [2.75, 3.05) is 26.0 Å². The van der Waals surface area contributed by atoms with Crippen molar-refractivity contribution in [1.82, 2.24) is 9.62 Å². The molecule has 1 aromatic heterocycles. The summed E-state index contributed by atoms with van der Waals surface area (Å²) < 4.78 is 37.4. The standard InChI is InChI=1S/C16H26N2O4S/c1-13-3-4-15(22-13)12-18-8-6-16(7-9-18)11-14(5-10-21-16)17-23(2,19)20/h3-4,14,17H,5-12H2,1-2H3/t14-/m0/s1. The SMILES string of the molecule is Cc1ccc(CN2CCC3(CC2)C[C@@H](NS(C)(=O)=O)CCO3)o1. The molecule has 0 bridgehead atoms. The lowest BCUT2D eigenvalue weighted by molar-refractivity contribution is -0.118. The first kappa shape index (κ1) is 17.0. The highest BCUT2D eigenvalue weighted by Gasteiger charge is 2.40. The second-order valence-corrected chi connectivity index (χ2v) is 8.68. The van der Waals surface area contributed by atoms with Gasteiger partial charge in [0, 0.05) is 25.7 Å². The van der Waals surface area contributed by atoms with E-state index in [1.54, 1.807) is 0 Å². The van der Waals surface area contributed by atoms with E-state index in [-0.39, 0.29) is 11.6 Å². The van der Waals surface area contributed by atoms with E-state index in [9.17, 15) is 8.42 Å². The highest BCUT2D eigenvalue weighted by atomic mass is 32.2. The molecule has 2 aliphatic heterocycles. The van der Waals surface area contributed by atoms with Crippen molar-refractivity contribution in [3.8, 4) is 0 Å². The predicted molar refractivity (Wildman–Crippen MR) is 87.6 cm³/mol. The third-order valence-electron chi connectivity index (χ3n) is 4.82. The summed E-state index contributed by atoms with van der Waals surface area (Å²) in [6.07, 6.45) is 4.63. The Bertz CT molecular complexity index is 632. The third-order valence-corrected chi connectivity index (χ3v) is 5.58. The van der Waals surface area contributed by atoms with Crippen LogP contribution in [0.2, 0.25) is 0 Å². The fraction of sp³-hybridized carbons (Fsp3) is 0.750. The van der Waals surface area contributed by atoms with E-state index in [4.69, 9.17) is 9.15 Å². The van der Waals surface area contributed by atoms with Gasteiger partial charge in [-0.2, -0.15) is 0 Å². The minimum absolute atomic E-state index is 0.00183. The summed E-state index contributed by atoms with van der Waals surface area (Å²) in [5, 5.41) is 0. The monoisotopic (exact) mass is 342 g/mol. The normalized spacial score (nSPS) is 25.7.